The standard InChI is InChI=1S/C14H19FN2.C2H6/c1-10(2)11-3-6-13(16-7-11)17-8-14(15,9-17)12-4-5-12;1-2/h3,6-7,10,12H,4-5,8-9H2,1-2H3;1-2H3. The fourth-order valence-corrected chi connectivity index (χ4v) is 2.54. The van der Waals surface area contributed by atoms with Crippen LogP contribution in [0.3, 0.4) is 0 Å². The predicted octanol–water partition coefficient (Wildman–Crippen LogP) is 4.17. The quantitative estimate of drug-likeness (QED) is 0.814. The lowest BCUT2D eigenvalue weighted by Crippen LogP contribution is -2.60. The van der Waals surface area contributed by atoms with Crippen LogP contribution in [-0.2, 0) is 0 Å². The highest BCUT2D eigenvalue weighted by Gasteiger charge is 2.54. The van der Waals surface area contributed by atoms with Gasteiger partial charge in [-0.15, -0.1) is 0 Å². The highest BCUT2D eigenvalue weighted by Crippen LogP contribution is 2.47. The van der Waals surface area contributed by atoms with E-state index >= 15 is 0 Å². The molecule has 0 N–H and O–H groups in total. The average Bonchev–Trinajstić information content (AvgIpc) is 3.22. The summed E-state index contributed by atoms with van der Waals surface area (Å²) in [5.41, 5.74) is 0.321. The maximum Gasteiger partial charge on any atom is 0.148 e. The van der Waals surface area contributed by atoms with Gasteiger partial charge in [0.15, 0.2) is 0 Å². The van der Waals surface area contributed by atoms with Crippen LogP contribution in [0.4, 0.5) is 10.2 Å². The van der Waals surface area contributed by atoms with E-state index in [1.165, 1.54) is 5.56 Å². The Bertz CT molecular complexity index is 403. The van der Waals surface area contributed by atoms with E-state index in [0.29, 0.717) is 24.9 Å². The van der Waals surface area contributed by atoms with Crippen molar-refractivity contribution in [2.24, 2.45) is 5.92 Å². The zero-order valence-electron chi connectivity index (χ0n) is 12.5. The summed E-state index contributed by atoms with van der Waals surface area (Å²) < 4.78 is 14.2. The highest BCUT2D eigenvalue weighted by molar-refractivity contribution is 5.45. The van der Waals surface area contributed by atoms with Gasteiger partial charge in [-0.1, -0.05) is 33.8 Å². The molecule has 1 saturated heterocycles. The Kier molecular flexibility index (Phi) is 4.12. The molecule has 1 aliphatic carbocycles. The van der Waals surface area contributed by atoms with Gasteiger partial charge in [0.1, 0.15) is 11.5 Å². The van der Waals surface area contributed by atoms with Crippen LogP contribution in [0.2, 0.25) is 0 Å². The molecule has 0 atom stereocenters. The van der Waals surface area contributed by atoms with E-state index in [2.05, 4.69) is 24.9 Å². The van der Waals surface area contributed by atoms with Gasteiger partial charge in [-0.3, -0.25) is 0 Å². The first-order valence-electron chi connectivity index (χ1n) is 7.48. The number of alkyl halides is 1. The third-order valence-electron chi connectivity index (χ3n) is 3.98. The molecule has 2 heterocycles. The Morgan fingerprint density at radius 3 is 2.32 bits per heavy atom. The third-order valence-corrected chi connectivity index (χ3v) is 3.98. The van der Waals surface area contributed by atoms with Crippen LogP contribution < -0.4 is 4.90 Å². The molecule has 0 amide bonds. The van der Waals surface area contributed by atoms with Crippen LogP contribution in [0.1, 0.15) is 52.0 Å². The molecule has 1 aromatic heterocycles. The van der Waals surface area contributed by atoms with E-state index in [1.54, 1.807) is 0 Å². The maximum atomic E-state index is 14.2. The van der Waals surface area contributed by atoms with Crippen molar-refractivity contribution in [3.8, 4) is 0 Å². The molecule has 2 fully saturated rings. The second-order valence-electron chi connectivity index (χ2n) is 5.77. The van der Waals surface area contributed by atoms with Gasteiger partial charge >= 0.3 is 0 Å². The Labute approximate surface area is 116 Å². The van der Waals surface area contributed by atoms with Crippen molar-refractivity contribution < 1.29 is 4.39 Å². The first kappa shape index (κ1) is 14.3. The summed E-state index contributed by atoms with van der Waals surface area (Å²) in [7, 11) is 0. The van der Waals surface area contributed by atoms with E-state index in [9.17, 15) is 4.39 Å². The molecule has 0 aromatic carbocycles. The number of anilines is 1. The topological polar surface area (TPSA) is 16.1 Å². The summed E-state index contributed by atoms with van der Waals surface area (Å²) in [5, 5.41) is 0. The molecule has 2 nitrogen and oxygen atoms in total. The molecule has 106 valence electrons. The van der Waals surface area contributed by atoms with Crippen LogP contribution in [0, 0.1) is 5.92 Å². The number of hydrogen-bond acceptors (Lipinski definition) is 2. The van der Waals surface area contributed by atoms with Gasteiger partial charge in [0.2, 0.25) is 0 Å². The predicted molar refractivity (Wildman–Crippen MR) is 78.5 cm³/mol. The van der Waals surface area contributed by atoms with Gasteiger partial charge in [-0.2, -0.15) is 0 Å². The van der Waals surface area contributed by atoms with Crippen molar-refractivity contribution in [2.75, 3.05) is 18.0 Å². The molecule has 1 aliphatic heterocycles. The summed E-state index contributed by atoms with van der Waals surface area (Å²) in [6.07, 6.45) is 4.06. The van der Waals surface area contributed by atoms with E-state index in [0.717, 1.165) is 18.7 Å². The van der Waals surface area contributed by atoms with Gasteiger partial charge in [0.25, 0.3) is 0 Å². The molecule has 3 rings (SSSR count). The Balaban J connectivity index is 0.000000637. The summed E-state index contributed by atoms with van der Waals surface area (Å²) >= 11 is 0. The van der Waals surface area contributed by atoms with Crippen molar-refractivity contribution in [3.05, 3.63) is 23.9 Å². The Morgan fingerprint density at radius 2 is 1.89 bits per heavy atom. The van der Waals surface area contributed by atoms with E-state index in [1.807, 2.05) is 31.0 Å². The van der Waals surface area contributed by atoms with Crippen molar-refractivity contribution in [1.82, 2.24) is 4.98 Å². The number of rotatable bonds is 3. The maximum absolute atomic E-state index is 14.2. The number of hydrogen-bond donors (Lipinski definition) is 0. The number of pyridine rings is 1. The lowest BCUT2D eigenvalue weighted by atomic mass is 9.91. The smallest absolute Gasteiger partial charge is 0.148 e. The molecule has 2 aliphatic rings. The minimum atomic E-state index is -0.918. The molecule has 0 unspecified atom stereocenters. The van der Waals surface area contributed by atoms with Gasteiger partial charge < -0.3 is 4.90 Å². The molecule has 0 bridgehead atoms. The van der Waals surface area contributed by atoms with Crippen LogP contribution in [0.25, 0.3) is 0 Å². The van der Waals surface area contributed by atoms with Crippen molar-refractivity contribution in [3.63, 3.8) is 0 Å². The molecular weight excluding hydrogens is 239 g/mol. The van der Waals surface area contributed by atoms with Gasteiger partial charge in [0, 0.05) is 6.20 Å². The third kappa shape index (κ3) is 2.90. The minimum Gasteiger partial charge on any atom is -0.350 e. The monoisotopic (exact) mass is 264 g/mol. The normalized spacial score (nSPS) is 20.6. The highest BCUT2D eigenvalue weighted by atomic mass is 19.1. The molecule has 0 spiro atoms. The summed E-state index contributed by atoms with van der Waals surface area (Å²) in [5.74, 6) is 1.75. The molecule has 1 saturated carbocycles. The fraction of sp³-hybridized carbons (Fsp3) is 0.688. The molecule has 1 aromatic rings. The second-order valence-corrected chi connectivity index (χ2v) is 5.77. The van der Waals surface area contributed by atoms with Crippen molar-refractivity contribution in [1.29, 1.82) is 0 Å². The van der Waals surface area contributed by atoms with Crippen LogP contribution in [0.15, 0.2) is 18.3 Å². The van der Waals surface area contributed by atoms with Crippen LogP contribution in [0.5, 0.6) is 0 Å². The second kappa shape index (κ2) is 5.48. The molecule has 0 radical (unpaired) electrons. The average molecular weight is 264 g/mol. The lowest BCUT2D eigenvalue weighted by Gasteiger charge is -2.45. The number of aromatic nitrogens is 1. The van der Waals surface area contributed by atoms with E-state index in [-0.39, 0.29) is 0 Å². The lowest BCUT2D eigenvalue weighted by molar-refractivity contribution is 0.0925. The Hall–Kier alpha value is -1.12. The first-order chi connectivity index (χ1) is 9.08. The number of halogens is 1. The van der Waals surface area contributed by atoms with Crippen LogP contribution in [-0.4, -0.2) is 23.7 Å². The summed E-state index contributed by atoms with van der Waals surface area (Å²) in [6, 6.07) is 4.12. The summed E-state index contributed by atoms with van der Waals surface area (Å²) in [4.78, 5) is 6.47. The van der Waals surface area contributed by atoms with Crippen molar-refractivity contribution >= 4 is 5.82 Å². The Morgan fingerprint density at radius 1 is 1.26 bits per heavy atom. The zero-order valence-corrected chi connectivity index (χ0v) is 12.5. The van der Waals surface area contributed by atoms with E-state index < -0.39 is 5.67 Å². The SMILES string of the molecule is CC.CC(C)c1ccc(N2CC(F)(C3CC3)C2)nc1. The van der Waals surface area contributed by atoms with E-state index in [4.69, 9.17) is 0 Å². The van der Waals surface area contributed by atoms with Crippen molar-refractivity contribution in [2.45, 2.75) is 52.1 Å². The number of nitrogens with zero attached hydrogens (tertiary/aromatic N) is 2. The molecule has 3 heteroatoms. The fourth-order valence-electron chi connectivity index (χ4n) is 2.54. The van der Waals surface area contributed by atoms with Crippen LogP contribution >= 0.6 is 0 Å². The largest absolute Gasteiger partial charge is 0.350 e. The van der Waals surface area contributed by atoms with Gasteiger partial charge in [0.05, 0.1) is 13.1 Å². The minimum absolute atomic E-state index is 0.327. The zero-order chi connectivity index (χ0) is 14.0. The van der Waals surface area contributed by atoms with Gasteiger partial charge in [-0.05, 0) is 36.3 Å². The molecule has 19 heavy (non-hydrogen) atoms. The summed E-state index contributed by atoms with van der Waals surface area (Å²) in [6.45, 7) is 9.37. The van der Waals surface area contributed by atoms with Gasteiger partial charge in [-0.25, -0.2) is 9.37 Å². The first-order valence-corrected chi connectivity index (χ1v) is 7.48. The molecular formula is C16H25FN2.